The number of hydrogen-bond acceptors (Lipinski definition) is 3. The molecule has 0 atom stereocenters. The van der Waals surface area contributed by atoms with Crippen molar-refractivity contribution in [2.45, 2.75) is 32.8 Å². The maximum atomic E-state index is 14.1. The molecule has 0 N–H and O–H groups in total. The van der Waals surface area contributed by atoms with Crippen molar-refractivity contribution in [3.63, 3.8) is 0 Å². The summed E-state index contributed by atoms with van der Waals surface area (Å²) < 4.78 is 33.0. The van der Waals surface area contributed by atoms with Crippen molar-refractivity contribution in [3.8, 4) is 11.1 Å². The number of carbonyl (C=O) groups excluding carboxylic acids is 1. The highest BCUT2D eigenvalue weighted by Gasteiger charge is 2.24. The van der Waals surface area contributed by atoms with E-state index < -0.39 is 17.2 Å². The van der Waals surface area contributed by atoms with Gasteiger partial charge in [-0.2, -0.15) is 0 Å². The lowest BCUT2D eigenvalue weighted by molar-refractivity contribution is 0.0270. The van der Waals surface area contributed by atoms with Crippen molar-refractivity contribution in [1.82, 2.24) is 9.88 Å². The highest BCUT2D eigenvalue weighted by molar-refractivity contribution is 5.74. The van der Waals surface area contributed by atoms with E-state index in [4.69, 9.17) is 4.74 Å². The van der Waals surface area contributed by atoms with Crippen LogP contribution in [0.2, 0.25) is 0 Å². The van der Waals surface area contributed by atoms with Gasteiger partial charge in [0.1, 0.15) is 5.60 Å². The molecular weight excluding hydrogens is 350 g/mol. The second-order valence-electron chi connectivity index (χ2n) is 7.44. The van der Waals surface area contributed by atoms with Crippen LogP contribution in [-0.4, -0.2) is 34.7 Å². The van der Waals surface area contributed by atoms with Crippen LogP contribution in [0.15, 0.2) is 42.6 Å². The standard InChI is InChI=1S/C21H22F2N2O2/c1-21(2,3)27-20(26)25-11-8-14(9-12-25)18-13-15(7-10-24-18)16-5-4-6-17(22)19(16)23/h4-8,10,13H,9,11-12H2,1-3H3. The largest absolute Gasteiger partial charge is 0.444 e. The summed E-state index contributed by atoms with van der Waals surface area (Å²) in [7, 11) is 0. The fourth-order valence-corrected chi connectivity index (χ4v) is 2.89. The number of rotatable bonds is 2. The number of amides is 1. The predicted molar refractivity (Wildman–Crippen MR) is 100.0 cm³/mol. The van der Waals surface area contributed by atoms with Crippen LogP contribution >= 0.6 is 0 Å². The Balaban J connectivity index is 1.79. The molecule has 0 fully saturated rings. The maximum Gasteiger partial charge on any atom is 0.410 e. The molecule has 2 heterocycles. The molecule has 1 aliphatic heterocycles. The summed E-state index contributed by atoms with van der Waals surface area (Å²) in [5.41, 5.74) is 1.89. The molecule has 2 aromatic rings. The van der Waals surface area contributed by atoms with Crippen molar-refractivity contribution in [2.24, 2.45) is 0 Å². The minimum absolute atomic E-state index is 0.199. The molecule has 27 heavy (non-hydrogen) atoms. The first-order chi connectivity index (χ1) is 12.7. The Morgan fingerprint density at radius 2 is 2.00 bits per heavy atom. The molecule has 3 rings (SSSR count). The van der Waals surface area contributed by atoms with Gasteiger partial charge in [0.05, 0.1) is 5.69 Å². The van der Waals surface area contributed by atoms with Crippen LogP contribution in [0.3, 0.4) is 0 Å². The molecule has 4 nitrogen and oxygen atoms in total. The predicted octanol–water partition coefficient (Wildman–Crippen LogP) is 5.05. The summed E-state index contributed by atoms with van der Waals surface area (Å²) >= 11 is 0. The monoisotopic (exact) mass is 372 g/mol. The number of aromatic nitrogens is 1. The Kier molecular flexibility index (Phi) is 5.26. The maximum absolute atomic E-state index is 14.1. The van der Waals surface area contributed by atoms with Crippen molar-refractivity contribution in [3.05, 3.63) is 59.9 Å². The SMILES string of the molecule is CC(C)(C)OC(=O)N1CC=C(c2cc(-c3cccc(F)c3F)ccn2)CC1. The van der Waals surface area contributed by atoms with E-state index in [0.717, 1.165) is 11.6 Å². The first-order valence-electron chi connectivity index (χ1n) is 8.82. The van der Waals surface area contributed by atoms with E-state index in [1.807, 2.05) is 26.8 Å². The van der Waals surface area contributed by atoms with E-state index in [2.05, 4.69) is 4.98 Å². The summed E-state index contributed by atoms with van der Waals surface area (Å²) in [4.78, 5) is 18.1. The first kappa shape index (κ1) is 19.0. The van der Waals surface area contributed by atoms with Crippen molar-refractivity contribution < 1.29 is 18.3 Å². The van der Waals surface area contributed by atoms with Gasteiger partial charge in [0.15, 0.2) is 11.6 Å². The van der Waals surface area contributed by atoms with Crippen molar-refractivity contribution in [1.29, 1.82) is 0 Å². The van der Waals surface area contributed by atoms with Gasteiger partial charge in [-0.1, -0.05) is 18.2 Å². The minimum Gasteiger partial charge on any atom is -0.444 e. The Morgan fingerprint density at radius 1 is 1.22 bits per heavy atom. The van der Waals surface area contributed by atoms with E-state index in [9.17, 15) is 13.6 Å². The molecule has 0 radical (unpaired) electrons. The Bertz CT molecular complexity index is 888. The molecule has 1 aromatic carbocycles. The molecule has 0 spiro atoms. The Hall–Kier alpha value is -2.76. The molecule has 0 aliphatic carbocycles. The lowest BCUT2D eigenvalue weighted by atomic mass is 10.00. The quantitative estimate of drug-likeness (QED) is 0.741. The molecule has 1 amide bonds. The van der Waals surface area contributed by atoms with Gasteiger partial charge < -0.3 is 9.64 Å². The van der Waals surface area contributed by atoms with E-state index in [-0.39, 0.29) is 11.7 Å². The highest BCUT2D eigenvalue weighted by atomic mass is 19.2. The van der Waals surface area contributed by atoms with Crippen LogP contribution in [0, 0.1) is 11.6 Å². The summed E-state index contributed by atoms with van der Waals surface area (Å²) in [6.07, 6.45) is 3.76. The summed E-state index contributed by atoms with van der Waals surface area (Å²) in [6, 6.07) is 7.50. The van der Waals surface area contributed by atoms with Gasteiger partial charge >= 0.3 is 6.09 Å². The number of ether oxygens (including phenoxy) is 1. The third-order valence-corrected chi connectivity index (χ3v) is 4.21. The normalized spacial score (nSPS) is 14.7. The van der Waals surface area contributed by atoms with Gasteiger partial charge in [0, 0.05) is 24.8 Å². The van der Waals surface area contributed by atoms with Gasteiger partial charge in [0.2, 0.25) is 0 Å². The van der Waals surface area contributed by atoms with Crippen LogP contribution < -0.4 is 0 Å². The third-order valence-electron chi connectivity index (χ3n) is 4.21. The molecule has 142 valence electrons. The Labute approximate surface area is 157 Å². The van der Waals surface area contributed by atoms with Crippen LogP contribution in [0.1, 0.15) is 32.9 Å². The van der Waals surface area contributed by atoms with E-state index in [1.165, 1.54) is 12.1 Å². The first-order valence-corrected chi connectivity index (χ1v) is 8.82. The molecule has 0 saturated heterocycles. The number of hydrogen-bond donors (Lipinski definition) is 0. The minimum atomic E-state index is -0.879. The Morgan fingerprint density at radius 3 is 2.67 bits per heavy atom. The zero-order valence-corrected chi connectivity index (χ0v) is 15.6. The van der Waals surface area contributed by atoms with Gasteiger partial charge in [-0.05, 0) is 56.5 Å². The molecular formula is C21H22F2N2O2. The zero-order valence-electron chi connectivity index (χ0n) is 15.6. The molecule has 1 aliphatic rings. The van der Waals surface area contributed by atoms with Crippen LogP contribution in [0.4, 0.5) is 13.6 Å². The summed E-state index contributed by atoms with van der Waals surface area (Å²) in [5.74, 6) is -1.75. The van der Waals surface area contributed by atoms with Gasteiger partial charge in [-0.3, -0.25) is 4.98 Å². The number of halogens is 2. The molecule has 0 unspecified atom stereocenters. The lowest BCUT2D eigenvalue weighted by Crippen LogP contribution is -2.39. The highest BCUT2D eigenvalue weighted by Crippen LogP contribution is 2.28. The van der Waals surface area contributed by atoms with Crippen molar-refractivity contribution >= 4 is 11.7 Å². The lowest BCUT2D eigenvalue weighted by Gasteiger charge is -2.29. The zero-order chi connectivity index (χ0) is 19.6. The van der Waals surface area contributed by atoms with E-state index in [0.29, 0.717) is 30.8 Å². The number of benzene rings is 1. The average molecular weight is 372 g/mol. The summed E-state index contributed by atoms with van der Waals surface area (Å²) in [5, 5.41) is 0. The smallest absolute Gasteiger partial charge is 0.410 e. The second kappa shape index (κ2) is 7.47. The number of pyridine rings is 1. The third kappa shape index (κ3) is 4.51. The summed E-state index contributed by atoms with van der Waals surface area (Å²) in [6.45, 7) is 6.43. The number of carbonyl (C=O) groups is 1. The molecule has 1 aromatic heterocycles. The fourth-order valence-electron chi connectivity index (χ4n) is 2.89. The van der Waals surface area contributed by atoms with E-state index in [1.54, 1.807) is 23.2 Å². The molecule has 0 saturated carbocycles. The second-order valence-corrected chi connectivity index (χ2v) is 7.44. The van der Waals surface area contributed by atoms with Crippen LogP contribution in [0.25, 0.3) is 16.7 Å². The topological polar surface area (TPSA) is 42.4 Å². The number of nitrogens with zero attached hydrogens (tertiary/aromatic N) is 2. The van der Waals surface area contributed by atoms with Crippen LogP contribution in [-0.2, 0) is 4.74 Å². The van der Waals surface area contributed by atoms with Gasteiger partial charge in [0.25, 0.3) is 0 Å². The van der Waals surface area contributed by atoms with Gasteiger partial charge in [-0.15, -0.1) is 0 Å². The van der Waals surface area contributed by atoms with Crippen molar-refractivity contribution in [2.75, 3.05) is 13.1 Å². The van der Waals surface area contributed by atoms with Crippen LogP contribution in [0.5, 0.6) is 0 Å². The van der Waals surface area contributed by atoms with E-state index >= 15 is 0 Å². The van der Waals surface area contributed by atoms with Gasteiger partial charge in [-0.25, -0.2) is 13.6 Å². The fraction of sp³-hybridized carbons (Fsp3) is 0.333. The molecule has 0 bridgehead atoms. The molecule has 6 heteroatoms. The average Bonchev–Trinajstić information content (AvgIpc) is 2.63.